The van der Waals surface area contributed by atoms with E-state index in [0.717, 1.165) is 32.5 Å². The molecule has 1 aliphatic heterocycles. The van der Waals surface area contributed by atoms with Crippen LogP contribution in [0.3, 0.4) is 0 Å². The zero-order valence-corrected chi connectivity index (χ0v) is 14.7. The summed E-state index contributed by atoms with van der Waals surface area (Å²) in [5.41, 5.74) is 1.26. The minimum atomic E-state index is -0.340. The highest BCUT2D eigenvalue weighted by Crippen LogP contribution is 2.16. The molecule has 24 heavy (non-hydrogen) atoms. The first-order valence-corrected chi connectivity index (χ1v) is 9.22. The van der Waals surface area contributed by atoms with Gasteiger partial charge >= 0.3 is 5.69 Å². The lowest BCUT2D eigenvalue weighted by atomic mass is 10.2. The third-order valence-electron chi connectivity index (χ3n) is 4.27. The fraction of sp³-hybridized carbons (Fsp3) is 0.529. The largest absolute Gasteiger partial charge is 0.377 e. The summed E-state index contributed by atoms with van der Waals surface area (Å²) in [5, 5.41) is 4.20. The predicted molar refractivity (Wildman–Crippen MR) is 94.6 cm³/mol. The standard InChI is InChI=1S/C17H23N3O3S/c1-13-9-16(21)20(17(22)18-13)6-5-19(10-14-4-8-24-12-14)11-15-3-2-7-23-15/h4,8-9,12,15H,2-3,5-7,10-11H2,1H3,(H,18,22). The van der Waals surface area contributed by atoms with Crippen molar-refractivity contribution in [3.8, 4) is 0 Å². The van der Waals surface area contributed by atoms with Crippen LogP contribution in [0.5, 0.6) is 0 Å². The Morgan fingerprint density at radius 3 is 3.00 bits per heavy atom. The number of H-pyrrole nitrogens is 1. The van der Waals surface area contributed by atoms with E-state index in [1.54, 1.807) is 18.3 Å². The lowest BCUT2D eigenvalue weighted by molar-refractivity contribution is 0.0691. The number of hydrogen-bond acceptors (Lipinski definition) is 5. The quantitative estimate of drug-likeness (QED) is 0.824. The van der Waals surface area contributed by atoms with Gasteiger partial charge in [0.2, 0.25) is 0 Å². The number of rotatable bonds is 7. The van der Waals surface area contributed by atoms with E-state index in [9.17, 15) is 9.59 Å². The van der Waals surface area contributed by atoms with Crippen molar-refractivity contribution in [1.82, 2.24) is 14.5 Å². The Hall–Kier alpha value is -1.70. The van der Waals surface area contributed by atoms with Crippen molar-refractivity contribution in [3.63, 3.8) is 0 Å². The van der Waals surface area contributed by atoms with Crippen LogP contribution in [0.15, 0.2) is 32.5 Å². The van der Waals surface area contributed by atoms with Gasteiger partial charge in [0.05, 0.1) is 6.10 Å². The van der Waals surface area contributed by atoms with E-state index < -0.39 is 0 Å². The van der Waals surface area contributed by atoms with Crippen LogP contribution in [-0.2, 0) is 17.8 Å². The molecule has 130 valence electrons. The van der Waals surface area contributed by atoms with Gasteiger partial charge < -0.3 is 9.72 Å². The zero-order chi connectivity index (χ0) is 16.9. The van der Waals surface area contributed by atoms with Crippen molar-refractivity contribution < 1.29 is 4.74 Å². The fourth-order valence-corrected chi connectivity index (χ4v) is 3.70. The van der Waals surface area contributed by atoms with Crippen molar-refractivity contribution >= 4 is 11.3 Å². The maximum Gasteiger partial charge on any atom is 0.328 e. The summed E-state index contributed by atoms with van der Waals surface area (Å²) < 4.78 is 7.01. The molecule has 0 amide bonds. The summed E-state index contributed by atoms with van der Waals surface area (Å²) >= 11 is 1.68. The third kappa shape index (κ3) is 4.43. The molecule has 0 radical (unpaired) electrons. The first kappa shape index (κ1) is 17.1. The summed E-state index contributed by atoms with van der Waals surface area (Å²) in [6.45, 7) is 5.20. The molecule has 1 atom stereocenters. The van der Waals surface area contributed by atoms with Gasteiger partial charge in [-0.2, -0.15) is 11.3 Å². The Kier molecular flexibility index (Phi) is 5.65. The second-order valence-corrected chi connectivity index (χ2v) is 7.03. The first-order valence-electron chi connectivity index (χ1n) is 8.27. The van der Waals surface area contributed by atoms with E-state index >= 15 is 0 Å². The van der Waals surface area contributed by atoms with Gasteiger partial charge in [-0.25, -0.2) is 4.79 Å². The molecule has 2 aromatic heterocycles. The van der Waals surface area contributed by atoms with E-state index in [-0.39, 0.29) is 17.4 Å². The van der Waals surface area contributed by atoms with Crippen LogP contribution in [-0.4, -0.2) is 40.3 Å². The second kappa shape index (κ2) is 7.92. The number of thiophene rings is 1. The molecule has 3 heterocycles. The van der Waals surface area contributed by atoms with Crippen LogP contribution in [0.25, 0.3) is 0 Å². The molecule has 7 heteroatoms. The maximum atomic E-state index is 12.0. The normalized spacial score (nSPS) is 17.7. The highest BCUT2D eigenvalue weighted by Gasteiger charge is 2.19. The van der Waals surface area contributed by atoms with Crippen LogP contribution < -0.4 is 11.2 Å². The minimum absolute atomic E-state index is 0.246. The minimum Gasteiger partial charge on any atom is -0.377 e. The molecule has 6 nitrogen and oxygen atoms in total. The van der Waals surface area contributed by atoms with Crippen molar-refractivity contribution in [2.45, 2.75) is 39.0 Å². The molecule has 0 spiro atoms. The van der Waals surface area contributed by atoms with Crippen molar-refractivity contribution in [3.05, 3.63) is 55.0 Å². The third-order valence-corrected chi connectivity index (χ3v) is 5.00. The lowest BCUT2D eigenvalue weighted by Crippen LogP contribution is -2.40. The van der Waals surface area contributed by atoms with Gasteiger partial charge in [-0.1, -0.05) is 0 Å². The van der Waals surface area contributed by atoms with E-state index in [1.807, 2.05) is 0 Å². The number of ether oxygens (including phenoxy) is 1. The smallest absolute Gasteiger partial charge is 0.328 e. The van der Waals surface area contributed by atoms with E-state index in [4.69, 9.17) is 4.74 Å². The Morgan fingerprint density at radius 1 is 1.46 bits per heavy atom. The van der Waals surface area contributed by atoms with Crippen molar-refractivity contribution in [1.29, 1.82) is 0 Å². The zero-order valence-electron chi connectivity index (χ0n) is 13.9. The number of nitrogens with zero attached hydrogens (tertiary/aromatic N) is 2. The topological polar surface area (TPSA) is 67.3 Å². The number of aromatic nitrogens is 2. The highest BCUT2D eigenvalue weighted by atomic mass is 32.1. The van der Waals surface area contributed by atoms with Gasteiger partial charge in [-0.15, -0.1) is 0 Å². The SMILES string of the molecule is Cc1cc(=O)n(CCN(Cc2ccsc2)CC2CCCO2)c(=O)[nH]1. The molecule has 0 saturated carbocycles. The van der Waals surface area contributed by atoms with Gasteiger partial charge in [0.15, 0.2) is 0 Å². The van der Waals surface area contributed by atoms with Crippen LogP contribution in [0.2, 0.25) is 0 Å². The van der Waals surface area contributed by atoms with Gasteiger partial charge in [-0.3, -0.25) is 14.3 Å². The van der Waals surface area contributed by atoms with Crippen LogP contribution >= 0.6 is 11.3 Å². The number of nitrogens with one attached hydrogen (secondary N) is 1. The van der Waals surface area contributed by atoms with Crippen molar-refractivity contribution in [2.75, 3.05) is 19.7 Å². The van der Waals surface area contributed by atoms with E-state index in [0.29, 0.717) is 18.8 Å². The molecule has 0 aliphatic carbocycles. The monoisotopic (exact) mass is 349 g/mol. The molecule has 2 aromatic rings. The number of hydrogen-bond donors (Lipinski definition) is 1. The Bertz CT molecular complexity index is 729. The molecule has 1 saturated heterocycles. The second-order valence-electron chi connectivity index (χ2n) is 6.25. The van der Waals surface area contributed by atoms with Gasteiger partial charge in [0, 0.05) is 44.5 Å². The maximum absolute atomic E-state index is 12.0. The Balaban J connectivity index is 1.69. The van der Waals surface area contributed by atoms with E-state index in [2.05, 4.69) is 26.7 Å². The Morgan fingerprint density at radius 2 is 2.33 bits per heavy atom. The number of aryl methyl sites for hydroxylation is 1. The van der Waals surface area contributed by atoms with E-state index in [1.165, 1.54) is 16.2 Å². The summed E-state index contributed by atoms with van der Waals surface area (Å²) in [4.78, 5) is 29.0. The molecule has 1 fully saturated rings. The van der Waals surface area contributed by atoms with Gasteiger partial charge in [0.1, 0.15) is 0 Å². The molecule has 1 N–H and O–H groups in total. The number of aromatic amines is 1. The van der Waals surface area contributed by atoms with Crippen LogP contribution in [0.4, 0.5) is 0 Å². The molecule has 0 bridgehead atoms. The summed E-state index contributed by atoms with van der Waals surface area (Å²) in [6, 6.07) is 3.57. The van der Waals surface area contributed by atoms with Gasteiger partial charge in [-0.05, 0) is 42.2 Å². The fourth-order valence-electron chi connectivity index (χ4n) is 3.04. The molecular formula is C17H23N3O3S. The van der Waals surface area contributed by atoms with Gasteiger partial charge in [0.25, 0.3) is 5.56 Å². The molecular weight excluding hydrogens is 326 g/mol. The lowest BCUT2D eigenvalue weighted by Gasteiger charge is -2.25. The summed E-state index contributed by atoms with van der Waals surface area (Å²) in [5.74, 6) is 0. The summed E-state index contributed by atoms with van der Waals surface area (Å²) in [7, 11) is 0. The van der Waals surface area contributed by atoms with Crippen LogP contribution in [0, 0.1) is 6.92 Å². The first-order chi connectivity index (χ1) is 11.6. The predicted octanol–water partition coefficient (Wildman–Crippen LogP) is 1.59. The average molecular weight is 349 g/mol. The molecule has 1 aliphatic rings. The van der Waals surface area contributed by atoms with Crippen LogP contribution in [0.1, 0.15) is 24.1 Å². The molecule has 1 unspecified atom stereocenters. The molecule has 3 rings (SSSR count). The summed E-state index contributed by atoms with van der Waals surface area (Å²) in [6.07, 6.45) is 2.43. The highest BCUT2D eigenvalue weighted by molar-refractivity contribution is 7.07. The Labute approximate surface area is 144 Å². The van der Waals surface area contributed by atoms with Crippen molar-refractivity contribution in [2.24, 2.45) is 0 Å². The average Bonchev–Trinajstić information content (AvgIpc) is 3.19. The molecule has 0 aromatic carbocycles.